The van der Waals surface area contributed by atoms with E-state index in [-0.39, 0.29) is 11.5 Å². The molecular formula is C13H22N4O2S. The third-order valence-electron chi connectivity index (χ3n) is 3.49. The maximum atomic E-state index is 11.4. The first-order valence-electron chi connectivity index (χ1n) is 7.12. The third-order valence-corrected chi connectivity index (χ3v) is 5.20. The fraction of sp³-hybridized carbons (Fsp3) is 0.692. The summed E-state index contributed by atoms with van der Waals surface area (Å²) in [5.74, 6) is 1.91. The maximum Gasteiger partial charge on any atom is 0.151 e. The number of rotatable bonds is 6. The summed E-state index contributed by atoms with van der Waals surface area (Å²) in [5.41, 5.74) is 0. The topological polar surface area (TPSA) is 75.2 Å². The minimum absolute atomic E-state index is 0.131. The molecule has 0 amide bonds. The zero-order valence-electron chi connectivity index (χ0n) is 11.9. The van der Waals surface area contributed by atoms with E-state index in [0.29, 0.717) is 12.4 Å². The van der Waals surface area contributed by atoms with E-state index in [1.165, 1.54) is 25.6 Å². The van der Waals surface area contributed by atoms with Crippen LogP contribution in [-0.2, 0) is 9.84 Å². The first-order chi connectivity index (χ1) is 9.61. The minimum atomic E-state index is -2.94. The van der Waals surface area contributed by atoms with E-state index in [0.717, 1.165) is 18.9 Å². The van der Waals surface area contributed by atoms with E-state index >= 15 is 0 Å². The largest absolute Gasteiger partial charge is 0.369 e. The number of nitrogens with one attached hydrogen (secondary N) is 1. The zero-order chi connectivity index (χ0) is 14.4. The normalized spacial score (nSPS) is 16.1. The molecular weight excluding hydrogens is 276 g/mol. The summed E-state index contributed by atoms with van der Waals surface area (Å²) in [7, 11) is -2.94. The van der Waals surface area contributed by atoms with Crippen LogP contribution in [0.2, 0.25) is 0 Å². The Bertz CT molecular complexity index is 527. The Morgan fingerprint density at radius 1 is 1.25 bits per heavy atom. The highest BCUT2D eigenvalue weighted by molar-refractivity contribution is 7.91. The Morgan fingerprint density at radius 3 is 2.70 bits per heavy atom. The van der Waals surface area contributed by atoms with Crippen LogP contribution < -0.4 is 10.2 Å². The average Bonchev–Trinajstić information content (AvgIpc) is 2.48. The molecule has 1 N–H and O–H groups in total. The van der Waals surface area contributed by atoms with Crippen molar-refractivity contribution in [1.29, 1.82) is 0 Å². The fourth-order valence-electron chi connectivity index (χ4n) is 2.22. The van der Waals surface area contributed by atoms with Crippen LogP contribution in [0.1, 0.15) is 26.2 Å². The van der Waals surface area contributed by atoms with E-state index in [1.54, 1.807) is 6.92 Å². The number of hydrogen-bond donors (Lipinski definition) is 1. The van der Waals surface area contributed by atoms with Gasteiger partial charge in [-0.05, 0) is 19.3 Å². The molecule has 20 heavy (non-hydrogen) atoms. The highest BCUT2D eigenvalue weighted by atomic mass is 32.2. The number of piperidine rings is 1. The van der Waals surface area contributed by atoms with Crippen LogP contribution in [0.15, 0.2) is 12.4 Å². The molecule has 0 unspecified atom stereocenters. The smallest absolute Gasteiger partial charge is 0.151 e. The minimum Gasteiger partial charge on any atom is -0.369 e. The van der Waals surface area contributed by atoms with Crippen LogP contribution in [0.25, 0.3) is 0 Å². The summed E-state index contributed by atoms with van der Waals surface area (Å²) in [6.07, 6.45) is 5.20. The Labute approximate surface area is 120 Å². The fourth-order valence-corrected chi connectivity index (χ4v) is 2.92. The Hall–Kier alpha value is -1.37. The molecule has 1 aromatic heterocycles. The van der Waals surface area contributed by atoms with E-state index in [2.05, 4.69) is 20.2 Å². The van der Waals surface area contributed by atoms with Crippen LogP contribution in [0.3, 0.4) is 0 Å². The van der Waals surface area contributed by atoms with Crippen molar-refractivity contribution >= 4 is 21.5 Å². The summed E-state index contributed by atoms with van der Waals surface area (Å²) in [6, 6.07) is 1.89. The molecule has 0 radical (unpaired) electrons. The molecule has 2 rings (SSSR count). The number of sulfone groups is 1. The van der Waals surface area contributed by atoms with Gasteiger partial charge in [-0.3, -0.25) is 0 Å². The van der Waals surface area contributed by atoms with Crippen molar-refractivity contribution in [2.75, 3.05) is 41.4 Å². The lowest BCUT2D eigenvalue weighted by molar-refractivity contribution is 0.573. The second kappa shape index (κ2) is 6.88. The molecule has 0 aliphatic carbocycles. The molecule has 6 nitrogen and oxygen atoms in total. The molecule has 0 spiro atoms. The first-order valence-corrected chi connectivity index (χ1v) is 8.94. The van der Waals surface area contributed by atoms with E-state index in [1.807, 2.05) is 6.07 Å². The van der Waals surface area contributed by atoms with Gasteiger partial charge in [0.15, 0.2) is 9.84 Å². The van der Waals surface area contributed by atoms with Crippen molar-refractivity contribution in [3.63, 3.8) is 0 Å². The van der Waals surface area contributed by atoms with Gasteiger partial charge in [0.25, 0.3) is 0 Å². The van der Waals surface area contributed by atoms with Gasteiger partial charge in [0.1, 0.15) is 18.0 Å². The average molecular weight is 298 g/mol. The summed E-state index contributed by atoms with van der Waals surface area (Å²) in [4.78, 5) is 10.7. The van der Waals surface area contributed by atoms with Crippen molar-refractivity contribution in [1.82, 2.24) is 9.97 Å². The van der Waals surface area contributed by atoms with Crippen molar-refractivity contribution in [3.8, 4) is 0 Å². The van der Waals surface area contributed by atoms with Gasteiger partial charge in [-0.25, -0.2) is 18.4 Å². The molecule has 1 saturated heterocycles. The number of aromatic nitrogens is 2. The quantitative estimate of drug-likeness (QED) is 0.853. The van der Waals surface area contributed by atoms with Gasteiger partial charge in [0.05, 0.1) is 5.75 Å². The zero-order valence-corrected chi connectivity index (χ0v) is 12.7. The van der Waals surface area contributed by atoms with Crippen LogP contribution in [0.5, 0.6) is 0 Å². The molecule has 0 bridgehead atoms. The molecule has 7 heteroatoms. The van der Waals surface area contributed by atoms with Gasteiger partial charge in [0, 0.05) is 31.5 Å². The van der Waals surface area contributed by atoms with Gasteiger partial charge < -0.3 is 10.2 Å². The lowest BCUT2D eigenvalue weighted by Crippen LogP contribution is -2.30. The van der Waals surface area contributed by atoms with Gasteiger partial charge in [-0.2, -0.15) is 0 Å². The second-order valence-electron chi connectivity index (χ2n) is 4.97. The van der Waals surface area contributed by atoms with Crippen molar-refractivity contribution < 1.29 is 8.42 Å². The van der Waals surface area contributed by atoms with Crippen molar-refractivity contribution in [3.05, 3.63) is 12.4 Å². The Kier molecular flexibility index (Phi) is 5.17. The summed E-state index contributed by atoms with van der Waals surface area (Å²) >= 11 is 0. The highest BCUT2D eigenvalue weighted by Gasteiger charge is 2.13. The predicted octanol–water partition coefficient (Wildman–Crippen LogP) is 1.31. The third kappa shape index (κ3) is 4.33. The Morgan fingerprint density at radius 2 is 2.00 bits per heavy atom. The molecule has 1 aliphatic rings. The summed E-state index contributed by atoms with van der Waals surface area (Å²) in [5, 5.41) is 3.06. The van der Waals surface area contributed by atoms with Crippen LogP contribution in [0, 0.1) is 0 Å². The maximum absolute atomic E-state index is 11.4. The SMILES string of the molecule is CCS(=O)(=O)CCNc1cc(N2CCCCC2)ncn1. The Balaban J connectivity index is 1.92. The molecule has 0 atom stereocenters. The van der Waals surface area contributed by atoms with Gasteiger partial charge in [-0.1, -0.05) is 6.92 Å². The second-order valence-corrected chi connectivity index (χ2v) is 7.45. The standard InChI is InChI=1S/C13H22N4O2S/c1-2-20(18,19)9-6-14-12-10-13(16-11-15-12)17-7-4-3-5-8-17/h10-11H,2-9H2,1H3,(H,14,15,16). The van der Waals surface area contributed by atoms with Gasteiger partial charge >= 0.3 is 0 Å². The van der Waals surface area contributed by atoms with E-state index < -0.39 is 9.84 Å². The molecule has 1 aromatic rings. The van der Waals surface area contributed by atoms with Crippen LogP contribution in [0.4, 0.5) is 11.6 Å². The molecule has 2 heterocycles. The van der Waals surface area contributed by atoms with Gasteiger partial charge in [0.2, 0.25) is 0 Å². The van der Waals surface area contributed by atoms with E-state index in [4.69, 9.17) is 0 Å². The predicted molar refractivity (Wildman–Crippen MR) is 80.9 cm³/mol. The van der Waals surface area contributed by atoms with Crippen molar-refractivity contribution in [2.24, 2.45) is 0 Å². The molecule has 0 saturated carbocycles. The summed E-state index contributed by atoms with van der Waals surface area (Å²) in [6.45, 7) is 4.10. The van der Waals surface area contributed by atoms with Crippen molar-refractivity contribution in [2.45, 2.75) is 26.2 Å². The molecule has 0 aromatic carbocycles. The number of nitrogens with zero attached hydrogens (tertiary/aromatic N) is 3. The monoisotopic (exact) mass is 298 g/mol. The highest BCUT2D eigenvalue weighted by Crippen LogP contribution is 2.18. The number of anilines is 2. The lowest BCUT2D eigenvalue weighted by atomic mass is 10.1. The summed E-state index contributed by atoms with van der Waals surface area (Å²) < 4.78 is 22.8. The van der Waals surface area contributed by atoms with Crippen LogP contribution >= 0.6 is 0 Å². The number of hydrogen-bond acceptors (Lipinski definition) is 6. The first kappa shape index (κ1) is 15.0. The molecule has 1 fully saturated rings. The van der Waals surface area contributed by atoms with Crippen LogP contribution in [-0.4, -0.2) is 49.5 Å². The molecule has 1 aliphatic heterocycles. The van der Waals surface area contributed by atoms with Gasteiger partial charge in [-0.15, -0.1) is 0 Å². The lowest BCUT2D eigenvalue weighted by Gasteiger charge is -2.27. The molecule has 112 valence electrons. The van der Waals surface area contributed by atoms with E-state index in [9.17, 15) is 8.42 Å².